The number of carbonyl (C=O) groups excluding carboxylic acids is 1. The Morgan fingerprint density at radius 2 is 2.08 bits per heavy atom. The van der Waals surface area contributed by atoms with E-state index in [9.17, 15) is 9.59 Å². The van der Waals surface area contributed by atoms with Gasteiger partial charge in [0.15, 0.2) is 0 Å². The van der Waals surface area contributed by atoms with Gasteiger partial charge in [-0.15, -0.1) is 5.10 Å². The molecule has 3 heterocycles. The van der Waals surface area contributed by atoms with Crippen molar-refractivity contribution < 1.29 is 4.79 Å². The lowest BCUT2D eigenvalue weighted by Crippen LogP contribution is -2.46. The van der Waals surface area contributed by atoms with Gasteiger partial charge >= 0.3 is 0 Å². The summed E-state index contributed by atoms with van der Waals surface area (Å²) in [6.45, 7) is 2.59. The average Bonchev–Trinajstić information content (AvgIpc) is 3.26. The maximum absolute atomic E-state index is 12.7. The van der Waals surface area contributed by atoms with Crippen LogP contribution in [0.15, 0.2) is 10.9 Å². The zero-order valence-corrected chi connectivity index (χ0v) is 14.5. The quantitative estimate of drug-likeness (QED) is 0.910. The molecular weight excluding hydrogens is 326 g/mol. The summed E-state index contributed by atoms with van der Waals surface area (Å²) in [5.74, 6) is 0.0927. The molecule has 1 saturated heterocycles. The molecule has 1 N–H and O–H groups in total. The Morgan fingerprint density at radius 3 is 2.88 bits per heavy atom. The Hall–Kier alpha value is -1.96. The second-order valence-electron chi connectivity index (χ2n) is 6.66. The molecule has 1 atom stereocenters. The minimum atomic E-state index is -0.192. The summed E-state index contributed by atoms with van der Waals surface area (Å²) in [6, 6.07) is 1.61. The van der Waals surface area contributed by atoms with Gasteiger partial charge in [-0.25, -0.2) is 4.98 Å². The zero-order chi connectivity index (χ0) is 16.7. The van der Waals surface area contributed by atoms with E-state index in [0.29, 0.717) is 21.8 Å². The Labute approximate surface area is 143 Å². The molecule has 0 bridgehead atoms. The van der Waals surface area contributed by atoms with Gasteiger partial charge in [0.2, 0.25) is 16.0 Å². The lowest BCUT2D eigenvalue weighted by atomic mass is 10.2. The van der Waals surface area contributed by atoms with Crippen molar-refractivity contribution in [3.8, 4) is 0 Å². The molecule has 1 amide bonds. The van der Waals surface area contributed by atoms with E-state index in [4.69, 9.17) is 0 Å². The van der Waals surface area contributed by atoms with Crippen LogP contribution in [0.5, 0.6) is 0 Å². The first-order valence-electron chi connectivity index (χ1n) is 8.56. The van der Waals surface area contributed by atoms with E-state index in [1.54, 1.807) is 6.92 Å². The summed E-state index contributed by atoms with van der Waals surface area (Å²) in [5.41, 5.74) is 0.512. The van der Waals surface area contributed by atoms with Crippen molar-refractivity contribution in [2.75, 3.05) is 11.4 Å². The van der Waals surface area contributed by atoms with E-state index in [2.05, 4.69) is 15.4 Å². The Balaban J connectivity index is 1.59. The molecule has 24 heavy (non-hydrogen) atoms. The molecule has 1 aliphatic carbocycles. The van der Waals surface area contributed by atoms with Crippen molar-refractivity contribution in [2.45, 2.75) is 57.5 Å². The lowest BCUT2D eigenvalue weighted by Gasteiger charge is -2.24. The number of carbonyl (C=O) groups is 1. The minimum Gasteiger partial charge on any atom is -0.352 e. The van der Waals surface area contributed by atoms with Crippen LogP contribution in [0.1, 0.15) is 44.2 Å². The Morgan fingerprint density at radius 1 is 1.29 bits per heavy atom. The monoisotopic (exact) mass is 347 g/mol. The predicted octanol–water partition coefficient (Wildman–Crippen LogP) is 1.49. The number of aromatic nitrogens is 3. The number of anilines is 1. The van der Waals surface area contributed by atoms with Crippen LogP contribution >= 0.6 is 11.3 Å². The molecule has 2 fully saturated rings. The molecule has 0 spiro atoms. The first kappa shape index (κ1) is 15.6. The largest absolute Gasteiger partial charge is 0.352 e. The van der Waals surface area contributed by atoms with Crippen molar-refractivity contribution in [1.29, 1.82) is 0 Å². The van der Waals surface area contributed by atoms with Gasteiger partial charge < -0.3 is 10.2 Å². The number of rotatable bonds is 3. The van der Waals surface area contributed by atoms with Crippen molar-refractivity contribution in [3.63, 3.8) is 0 Å². The summed E-state index contributed by atoms with van der Waals surface area (Å²) in [4.78, 5) is 31.7. The SMILES string of the molecule is Cc1cc(=O)n2nc(N3CCCC3C(=O)NC3CCCC3)sc2n1. The topological polar surface area (TPSA) is 79.6 Å². The maximum Gasteiger partial charge on any atom is 0.275 e. The molecule has 7 nitrogen and oxygen atoms in total. The molecular formula is C16H21N5O2S. The third-order valence-corrected chi connectivity index (χ3v) is 5.81. The van der Waals surface area contributed by atoms with Crippen LogP contribution in [0.4, 0.5) is 5.13 Å². The fraction of sp³-hybridized carbons (Fsp3) is 0.625. The number of nitrogens with zero attached hydrogens (tertiary/aromatic N) is 4. The summed E-state index contributed by atoms with van der Waals surface area (Å²) < 4.78 is 1.33. The third-order valence-electron chi connectivity index (χ3n) is 4.87. The number of aryl methyl sites for hydroxylation is 1. The van der Waals surface area contributed by atoms with Crippen molar-refractivity contribution in [2.24, 2.45) is 0 Å². The summed E-state index contributed by atoms with van der Waals surface area (Å²) in [6.07, 6.45) is 6.35. The number of hydrogen-bond donors (Lipinski definition) is 1. The van der Waals surface area contributed by atoms with E-state index in [1.165, 1.54) is 34.8 Å². The fourth-order valence-corrected chi connectivity index (χ4v) is 4.69. The molecule has 0 aromatic carbocycles. The zero-order valence-electron chi connectivity index (χ0n) is 13.7. The molecule has 1 saturated carbocycles. The normalized spacial score (nSPS) is 21.7. The van der Waals surface area contributed by atoms with E-state index in [-0.39, 0.29) is 17.5 Å². The van der Waals surface area contributed by atoms with Gasteiger partial charge in [-0.1, -0.05) is 24.2 Å². The second kappa shape index (κ2) is 6.16. The first-order valence-corrected chi connectivity index (χ1v) is 9.38. The van der Waals surface area contributed by atoms with Gasteiger partial charge in [0, 0.05) is 24.3 Å². The standard InChI is InChI=1S/C16H21N5O2S/c1-10-9-13(22)21-15(17-10)24-16(19-21)20-8-4-7-12(20)14(23)18-11-5-2-3-6-11/h9,11-12H,2-8H2,1H3,(H,18,23). The Kier molecular flexibility index (Phi) is 3.99. The second-order valence-corrected chi connectivity index (χ2v) is 7.59. The van der Waals surface area contributed by atoms with E-state index in [1.807, 2.05) is 4.90 Å². The molecule has 2 aromatic heterocycles. The van der Waals surface area contributed by atoms with Crippen LogP contribution in [0, 0.1) is 6.92 Å². The number of fused-ring (bicyclic) bond motifs is 1. The van der Waals surface area contributed by atoms with Gasteiger partial charge in [-0.05, 0) is 32.6 Å². The van der Waals surface area contributed by atoms with Crippen LogP contribution in [-0.2, 0) is 4.79 Å². The fourth-order valence-electron chi connectivity index (χ4n) is 3.66. The first-order chi connectivity index (χ1) is 11.6. The summed E-state index contributed by atoms with van der Waals surface area (Å²) in [7, 11) is 0. The molecule has 1 aliphatic heterocycles. The van der Waals surface area contributed by atoms with Crippen LogP contribution < -0.4 is 15.8 Å². The third kappa shape index (κ3) is 2.79. The molecule has 1 unspecified atom stereocenters. The summed E-state index contributed by atoms with van der Waals surface area (Å²) >= 11 is 1.37. The highest BCUT2D eigenvalue weighted by atomic mass is 32.1. The molecule has 8 heteroatoms. The van der Waals surface area contributed by atoms with Crippen LogP contribution in [0.25, 0.3) is 4.96 Å². The van der Waals surface area contributed by atoms with Gasteiger partial charge in [0.05, 0.1) is 0 Å². The number of nitrogens with one attached hydrogen (secondary N) is 1. The lowest BCUT2D eigenvalue weighted by molar-refractivity contribution is -0.122. The van der Waals surface area contributed by atoms with Crippen LogP contribution in [0.3, 0.4) is 0 Å². The molecule has 2 aromatic rings. The van der Waals surface area contributed by atoms with Gasteiger partial charge in [-0.3, -0.25) is 9.59 Å². The van der Waals surface area contributed by atoms with E-state index in [0.717, 1.165) is 32.2 Å². The van der Waals surface area contributed by atoms with Crippen LogP contribution in [0.2, 0.25) is 0 Å². The minimum absolute atomic E-state index is 0.0927. The number of hydrogen-bond acceptors (Lipinski definition) is 6. The smallest absolute Gasteiger partial charge is 0.275 e. The molecule has 2 aliphatic rings. The predicted molar refractivity (Wildman–Crippen MR) is 92.6 cm³/mol. The molecule has 4 rings (SSSR count). The highest BCUT2D eigenvalue weighted by Crippen LogP contribution is 2.29. The van der Waals surface area contributed by atoms with Gasteiger partial charge in [0.25, 0.3) is 5.56 Å². The van der Waals surface area contributed by atoms with E-state index < -0.39 is 0 Å². The van der Waals surface area contributed by atoms with Crippen molar-refractivity contribution in [3.05, 3.63) is 22.1 Å². The van der Waals surface area contributed by atoms with Crippen molar-refractivity contribution in [1.82, 2.24) is 19.9 Å². The van der Waals surface area contributed by atoms with Gasteiger partial charge in [-0.2, -0.15) is 4.52 Å². The van der Waals surface area contributed by atoms with Crippen molar-refractivity contribution >= 4 is 27.3 Å². The highest BCUT2D eigenvalue weighted by molar-refractivity contribution is 7.20. The molecule has 0 radical (unpaired) electrons. The summed E-state index contributed by atoms with van der Waals surface area (Å²) in [5, 5.41) is 8.30. The molecule has 128 valence electrons. The maximum atomic E-state index is 12.7. The van der Waals surface area contributed by atoms with E-state index >= 15 is 0 Å². The average molecular weight is 347 g/mol. The Bertz CT molecular complexity index is 823. The van der Waals surface area contributed by atoms with Gasteiger partial charge in [0.1, 0.15) is 6.04 Å². The van der Waals surface area contributed by atoms with Crippen LogP contribution in [-0.4, -0.2) is 39.1 Å². The highest BCUT2D eigenvalue weighted by Gasteiger charge is 2.34. The number of amides is 1.